The summed E-state index contributed by atoms with van der Waals surface area (Å²) in [5.74, 6) is -0.636. The summed E-state index contributed by atoms with van der Waals surface area (Å²) in [5, 5.41) is 10.8. The van der Waals surface area contributed by atoms with Crippen LogP contribution in [0.15, 0.2) is 35.4 Å². The first-order chi connectivity index (χ1) is 10.5. The van der Waals surface area contributed by atoms with Crippen LogP contribution in [0, 0.1) is 11.3 Å². The number of nitriles is 1. The van der Waals surface area contributed by atoms with Crippen LogP contribution in [0.1, 0.15) is 10.4 Å². The molecule has 9 heteroatoms. The molecule has 7 nitrogen and oxygen atoms in total. The molecule has 1 heterocycles. The zero-order valence-corrected chi connectivity index (χ0v) is 12.6. The number of carbonyl (C=O) groups is 1. The topological polar surface area (TPSA) is 113 Å². The Morgan fingerprint density at radius 2 is 2.14 bits per heavy atom. The van der Waals surface area contributed by atoms with Crippen LogP contribution in [0.2, 0.25) is 5.28 Å². The highest BCUT2D eigenvalue weighted by molar-refractivity contribution is 7.72. The number of rotatable bonds is 4. The second kappa shape index (κ2) is 6.98. The van der Waals surface area contributed by atoms with E-state index in [-0.39, 0.29) is 22.3 Å². The van der Waals surface area contributed by atoms with Gasteiger partial charge in [0, 0.05) is 11.8 Å². The average Bonchev–Trinajstić information content (AvgIpc) is 2.52. The van der Waals surface area contributed by atoms with Gasteiger partial charge in [0.2, 0.25) is 5.28 Å². The Hall–Kier alpha value is -2.50. The Bertz CT molecular complexity index is 837. The van der Waals surface area contributed by atoms with Crippen molar-refractivity contribution < 1.29 is 13.2 Å². The van der Waals surface area contributed by atoms with Crippen LogP contribution in [0.25, 0.3) is 11.3 Å². The third-order valence-electron chi connectivity index (χ3n) is 2.69. The van der Waals surface area contributed by atoms with Crippen LogP contribution < -0.4 is 5.32 Å². The molecule has 0 radical (unpaired) electrons. The Kier molecular flexibility index (Phi) is 5.04. The summed E-state index contributed by atoms with van der Waals surface area (Å²) < 4.78 is 22.8. The van der Waals surface area contributed by atoms with Crippen LogP contribution in [0.3, 0.4) is 0 Å². The summed E-state index contributed by atoms with van der Waals surface area (Å²) in [7, 11) is -3.00. The van der Waals surface area contributed by atoms with Crippen molar-refractivity contribution in [1.82, 2.24) is 15.3 Å². The minimum atomic E-state index is -3.00. The van der Waals surface area contributed by atoms with E-state index in [0.29, 0.717) is 11.3 Å². The molecule has 2 rings (SSSR count). The van der Waals surface area contributed by atoms with Crippen molar-refractivity contribution in [2.45, 2.75) is 4.90 Å². The fourth-order valence-electron chi connectivity index (χ4n) is 1.74. The van der Waals surface area contributed by atoms with Crippen LogP contribution in [-0.4, -0.2) is 30.8 Å². The van der Waals surface area contributed by atoms with Gasteiger partial charge >= 0.3 is 0 Å². The van der Waals surface area contributed by atoms with Gasteiger partial charge in [-0.05, 0) is 29.8 Å². The van der Waals surface area contributed by atoms with Gasteiger partial charge in [0.05, 0.1) is 22.2 Å². The third kappa shape index (κ3) is 3.58. The summed E-state index contributed by atoms with van der Waals surface area (Å²) in [6, 6.07) is 7.54. The first-order valence-corrected chi connectivity index (χ1v) is 7.51. The fourth-order valence-corrected chi connectivity index (χ4v) is 2.51. The molecule has 0 saturated heterocycles. The number of benzene rings is 1. The number of nitrogens with zero attached hydrogens (tertiary/aromatic N) is 3. The zero-order chi connectivity index (χ0) is 16.1. The number of carbonyl (C=O) groups excluding carboxylic acids is 1. The van der Waals surface area contributed by atoms with Gasteiger partial charge in [-0.3, -0.25) is 4.79 Å². The third-order valence-corrected chi connectivity index (χ3v) is 3.63. The largest absolute Gasteiger partial charge is 0.339 e. The molecule has 2 aromatic rings. The van der Waals surface area contributed by atoms with Gasteiger partial charge < -0.3 is 5.32 Å². The minimum Gasteiger partial charge on any atom is -0.339 e. The molecular formula is C13H9ClN4O3S. The molecule has 0 saturated carbocycles. The highest BCUT2D eigenvalue weighted by Gasteiger charge is 2.15. The van der Waals surface area contributed by atoms with E-state index in [1.807, 2.05) is 0 Å². The number of aromatic nitrogens is 2. The number of thiol groups is 1. The van der Waals surface area contributed by atoms with E-state index in [2.05, 4.69) is 15.3 Å². The Labute approximate surface area is 132 Å². The maximum absolute atomic E-state index is 11.9. The SMILES string of the molecule is N#CCNC(=O)c1ccc(-c2ccnc(Cl)n2)cc1[SH](=O)=O. The molecule has 0 aliphatic rings. The molecule has 0 atom stereocenters. The number of halogens is 1. The highest BCUT2D eigenvalue weighted by atomic mass is 35.5. The Morgan fingerprint density at radius 3 is 2.77 bits per heavy atom. The molecular weight excluding hydrogens is 328 g/mol. The van der Waals surface area contributed by atoms with Crippen molar-refractivity contribution in [2.24, 2.45) is 0 Å². The molecule has 0 spiro atoms. The number of nitrogens with one attached hydrogen (secondary N) is 1. The van der Waals surface area contributed by atoms with Crippen LogP contribution in [0.4, 0.5) is 0 Å². The second-order valence-electron chi connectivity index (χ2n) is 4.04. The molecule has 0 fully saturated rings. The predicted molar refractivity (Wildman–Crippen MR) is 79.0 cm³/mol. The van der Waals surface area contributed by atoms with E-state index >= 15 is 0 Å². The lowest BCUT2D eigenvalue weighted by atomic mass is 10.1. The first kappa shape index (κ1) is 15.9. The highest BCUT2D eigenvalue weighted by Crippen LogP contribution is 2.22. The van der Waals surface area contributed by atoms with Crippen molar-refractivity contribution >= 4 is 28.2 Å². The van der Waals surface area contributed by atoms with E-state index < -0.39 is 16.6 Å². The van der Waals surface area contributed by atoms with Gasteiger partial charge in [0.15, 0.2) is 10.7 Å². The fraction of sp³-hybridized carbons (Fsp3) is 0.0769. The van der Waals surface area contributed by atoms with Gasteiger partial charge in [-0.15, -0.1) is 0 Å². The van der Waals surface area contributed by atoms with Crippen LogP contribution >= 0.6 is 11.6 Å². The molecule has 1 aromatic heterocycles. The Morgan fingerprint density at radius 1 is 1.36 bits per heavy atom. The normalized spacial score (nSPS) is 10.2. The van der Waals surface area contributed by atoms with E-state index in [1.54, 1.807) is 18.2 Å². The van der Waals surface area contributed by atoms with E-state index in [9.17, 15) is 13.2 Å². The molecule has 22 heavy (non-hydrogen) atoms. The predicted octanol–water partition coefficient (Wildman–Crippen LogP) is 1.02. The molecule has 1 N–H and O–H groups in total. The van der Waals surface area contributed by atoms with Crippen molar-refractivity contribution in [3.05, 3.63) is 41.3 Å². The lowest BCUT2D eigenvalue weighted by molar-refractivity contribution is 0.0955. The number of hydrogen-bond donors (Lipinski definition) is 2. The number of amides is 1. The Balaban J connectivity index is 2.48. The van der Waals surface area contributed by atoms with E-state index in [1.165, 1.54) is 18.3 Å². The standard InChI is InChI=1S/C13H9ClN4O3S/c14-13-17-5-3-10(18-13)8-1-2-9(11(7-8)22(20)21)12(19)16-6-4-15/h1-3,5,7,22H,6H2,(H,16,19). The smallest absolute Gasteiger partial charge is 0.253 e. The molecule has 1 amide bonds. The average molecular weight is 337 g/mol. The van der Waals surface area contributed by atoms with Crippen molar-refractivity contribution in [3.8, 4) is 17.3 Å². The molecule has 1 aromatic carbocycles. The van der Waals surface area contributed by atoms with Crippen molar-refractivity contribution in [1.29, 1.82) is 5.26 Å². The maximum atomic E-state index is 11.9. The van der Waals surface area contributed by atoms with Crippen molar-refractivity contribution in [3.63, 3.8) is 0 Å². The molecule has 0 aliphatic heterocycles. The molecule has 0 unspecified atom stereocenters. The quantitative estimate of drug-likeness (QED) is 0.489. The second-order valence-corrected chi connectivity index (χ2v) is 5.37. The van der Waals surface area contributed by atoms with E-state index in [4.69, 9.17) is 16.9 Å². The maximum Gasteiger partial charge on any atom is 0.253 e. The molecule has 0 bridgehead atoms. The van der Waals surface area contributed by atoms with Gasteiger partial charge in [0.1, 0.15) is 6.54 Å². The number of hydrogen-bond acceptors (Lipinski definition) is 6. The van der Waals surface area contributed by atoms with Crippen LogP contribution in [0.5, 0.6) is 0 Å². The summed E-state index contributed by atoms with van der Waals surface area (Å²) in [6.45, 7) is -0.211. The van der Waals surface area contributed by atoms with Gasteiger partial charge in [-0.25, -0.2) is 18.4 Å². The van der Waals surface area contributed by atoms with Gasteiger partial charge in [-0.2, -0.15) is 5.26 Å². The van der Waals surface area contributed by atoms with Crippen molar-refractivity contribution in [2.75, 3.05) is 6.54 Å². The first-order valence-electron chi connectivity index (χ1n) is 5.95. The monoisotopic (exact) mass is 336 g/mol. The lowest BCUT2D eigenvalue weighted by Crippen LogP contribution is -2.24. The van der Waals surface area contributed by atoms with Gasteiger partial charge in [-0.1, -0.05) is 6.07 Å². The van der Waals surface area contributed by atoms with Gasteiger partial charge in [0.25, 0.3) is 5.91 Å². The molecule has 0 aliphatic carbocycles. The summed E-state index contributed by atoms with van der Waals surface area (Å²) in [5.41, 5.74) is 0.882. The summed E-state index contributed by atoms with van der Waals surface area (Å²) >= 11 is 5.70. The van der Waals surface area contributed by atoms with E-state index in [0.717, 1.165) is 0 Å². The minimum absolute atomic E-state index is 0.0291. The summed E-state index contributed by atoms with van der Waals surface area (Å²) in [4.78, 5) is 19.4. The molecule has 112 valence electrons. The van der Waals surface area contributed by atoms with Crippen LogP contribution in [-0.2, 0) is 10.7 Å². The lowest BCUT2D eigenvalue weighted by Gasteiger charge is -2.07. The summed E-state index contributed by atoms with van der Waals surface area (Å²) in [6.07, 6.45) is 1.44. The zero-order valence-electron chi connectivity index (χ0n) is 11.0.